The molecule has 0 aliphatic carbocycles. The number of rotatable bonds is 4. The molecule has 0 amide bonds. The Balaban J connectivity index is 2.40. The number of halogens is 2. The second-order valence-corrected chi connectivity index (χ2v) is 6.19. The van der Waals surface area contributed by atoms with E-state index in [1.807, 2.05) is 0 Å². The Hall–Kier alpha value is -2.06. The zero-order chi connectivity index (χ0) is 15.8. The second kappa shape index (κ2) is 5.38. The van der Waals surface area contributed by atoms with E-state index in [2.05, 4.69) is 4.72 Å². The molecule has 1 heterocycles. The normalized spacial score (nSPS) is 11.4. The predicted molar refractivity (Wildman–Crippen MR) is 72.6 cm³/mol. The minimum absolute atomic E-state index is 0.0165. The van der Waals surface area contributed by atoms with Gasteiger partial charge in [0.15, 0.2) is 0 Å². The first-order valence-corrected chi connectivity index (χ1v) is 7.38. The summed E-state index contributed by atoms with van der Waals surface area (Å²) in [7, 11) is -4.12. The molecule has 0 fully saturated rings. The Morgan fingerprint density at radius 1 is 1.33 bits per heavy atom. The lowest BCUT2D eigenvalue weighted by Crippen LogP contribution is -2.13. The lowest BCUT2D eigenvalue weighted by atomic mass is 10.3. The highest BCUT2D eigenvalue weighted by molar-refractivity contribution is 7.92. The highest BCUT2D eigenvalue weighted by atomic mass is 35.5. The monoisotopic (exact) mass is 333 g/mol. The van der Waals surface area contributed by atoms with Crippen molar-refractivity contribution >= 4 is 33.3 Å². The highest BCUT2D eigenvalue weighted by Crippen LogP contribution is 2.25. The fourth-order valence-electron chi connectivity index (χ4n) is 1.66. The van der Waals surface area contributed by atoms with E-state index >= 15 is 0 Å². The number of hydrogen-bond acceptors (Lipinski definition) is 4. The second-order valence-electron chi connectivity index (χ2n) is 4.10. The molecule has 0 aliphatic heterocycles. The molecular weight excluding hydrogens is 325 g/mol. The fraction of sp³-hybridized carbons (Fsp3) is 0.0833. The van der Waals surface area contributed by atoms with Gasteiger partial charge in [0.05, 0.1) is 5.69 Å². The van der Waals surface area contributed by atoms with Crippen molar-refractivity contribution in [2.75, 3.05) is 4.72 Å². The predicted octanol–water partition coefficient (Wildman–Crippen LogP) is 2.88. The van der Waals surface area contributed by atoms with Crippen molar-refractivity contribution < 1.29 is 27.1 Å². The van der Waals surface area contributed by atoms with E-state index in [1.54, 1.807) is 0 Å². The standard InChI is InChI=1S/C12H9ClFNO5S/c1-6-11(5-10(20-6)12(16)17)21(18,19)15-9-3-7(13)2-8(14)4-9/h2-5,15H,1H3,(H,16,17). The van der Waals surface area contributed by atoms with Gasteiger partial charge in [-0.15, -0.1) is 0 Å². The number of carboxylic acids is 1. The first-order valence-electron chi connectivity index (χ1n) is 5.51. The molecule has 0 radical (unpaired) electrons. The minimum atomic E-state index is -4.12. The van der Waals surface area contributed by atoms with Crippen molar-refractivity contribution in [1.82, 2.24) is 0 Å². The maximum atomic E-state index is 13.2. The average molecular weight is 334 g/mol. The van der Waals surface area contributed by atoms with E-state index in [4.69, 9.17) is 21.1 Å². The van der Waals surface area contributed by atoms with Crippen LogP contribution in [-0.2, 0) is 10.0 Å². The van der Waals surface area contributed by atoms with Crippen molar-refractivity contribution in [3.05, 3.63) is 46.6 Å². The summed E-state index contributed by atoms with van der Waals surface area (Å²) in [4.78, 5) is 10.4. The van der Waals surface area contributed by atoms with Gasteiger partial charge < -0.3 is 9.52 Å². The summed E-state index contributed by atoms with van der Waals surface area (Å²) in [6.45, 7) is 1.31. The summed E-state index contributed by atoms with van der Waals surface area (Å²) in [5, 5.41) is 8.79. The van der Waals surface area contributed by atoms with E-state index in [1.165, 1.54) is 13.0 Å². The number of aromatic carboxylic acids is 1. The number of carboxylic acid groups (broad SMARTS) is 1. The van der Waals surface area contributed by atoms with Crippen molar-refractivity contribution in [2.24, 2.45) is 0 Å². The molecule has 21 heavy (non-hydrogen) atoms. The summed E-state index contributed by atoms with van der Waals surface area (Å²) in [6.07, 6.45) is 0. The number of furan rings is 1. The number of anilines is 1. The van der Waals surface area contributed by atoms with E-state index < -0.39 is 27.6 Å². The SMILES string of the molecule is Cc1oc(C(=O)O)cc1S(=O)(=O)Nc1cc(F)cc(Cl)c1. The van der Waals surface area contributed by atoms with Crippen molar-refractivity contribution in [2.45, 2.75) is 11.8 Å². The molecule has 1 aromatic carbocycles. The van der Waals surface area contributed by atoms with Gasteiger partial charge in [0.25, 0.3) is 10.0 Å². The third-order valence-corrected chi connectivity index (χ3v) is 4.19. The van der Waals surface area contributed by atoms with Crippen LogP contribution >= 0.6 is 11.6 Å². The molecular formula is C12H9ClFNO5S. The number of aryl methyl sites for hydroxylation is 1. The van der Waals surface area contributed by atoms with E-state index in [9.17, 15) is 17.6 Å². The van der Waals surface area contributed by atoms with Gasteiger partial charge >= 0.3 is 5.97 Å². The van der Waals surface area contributed by atoms with E-state index in [0.29, 0.717) is 0 Å². The molecule has 2 aromatic rings. The largest absolute Gasteiger partial charge is 0.475 e. The van der Waals surface area contributed by atoms with Crippen LogP contribution in [0.15, 0.2) is 33.6 Å². The molecule has 6 nitrogen and oxygen atoms in total. The summed E-state index contributed by atoms with van der Waals surface area (Å²) in [5.41, 5.74) is -0.0857. The molecule has 1 aromatic heterocycles. The van der Waals surface area contributed by atoms with Gasteiger partial charge in [0, 0.05) is 11.1 Å². The van der Waals surface area contributed by atoms with Crippen LogP contribution < -0.4 is 4.72 Å². The van der Waals surface area contributed by atoms with Crippen LogP contribution in [0.25, 0.3) is 0 Å². The third-order valence-electron chi connectivity index (χ3n) is 2.49. The summed E-state index contributed by atoms with van der Waals surface area (Å²) in [6, 6.07) is 4.05. The molecule has 0 saturated carbocycles. The summed E-state index contributed by atoms with van der Waals surface area (Å²) in [5.74, 6) is -2.71. The van der Waals surface area contributed by atoms with Gasteiger partial charge in [-0.2, -0.15) is 0 Å². The zero-order valence-electron chi connectivity index (χ0n) is 10.6. The van der Waals surface area contributed by atoms with Crippen LogP contribution in [0.4, 0.5) is 10.1 Å². The quantitative estimate of drug-likeness (QED) is 0.896. The van der Waals surface area contributed by atoms with E-state index in [-0.39, 0.29) is 21.4 Å². The first-order chi connectivity index (χ1) is 9.69. The molecule has 2 N–H and O–H groups in total. The minimum Gasteiger partial charge on any atom is -0.475 e. The van der Waals surface area contributed by atoms with Crippen LogP contribution in [0.5, 0.6) is 0 Å². The van der Waals surface area contributed by atoms with Crippen molar-refractivity contribution in [1.29, 1.82) is 0 Å². The van der Waals surface area contributed by atoms with Gasteiger partial charge in [-0.1, -0.05) is 11.6 Å². The molecule has 0 unspecified atom stereocenters. The number of benzene rings is 1. The van der Waals surface area contributed by atoms with Gasteiger partial charge in [-0.25, -0.2) is 17.6 Å². The molecule has 0 aliphatic rings. The number of hydrogen-bond donors (Lipinski definition) is 2. The number of nitrogens with one attached hydrogen (secondary N) is 1. The highest BCUT2D eigenvalue weighted by Gasteiger charge is 2.24. The summed E-state index contributed by atoms with van der Waals surface area (Å²) < 4.78 is 44.4. The maximum absolute atomic E-state index is 13.2. The number of sulfonamides is 1. The first kappa shape index (κ1) is 15.3. The van der Waals surface area contributed by atoms with Gasteiger partial charge in [-0.05, 0) is 25.1 Å². The Labute approximate surface area is 124 Å². The lowest BCUT2D eigenvalue weighted by molar-refractivity contribution is 0.0661. The van der Waals surface area contributed by atoms with E-state index in [0.717, 1.165) is 18.2 Å². The average Bonchev–Trinajstić information content (AvgIpc) is 2.70. The van der Waals surface area contributed by atoms with Crippen molar-refractivity contribution in [3.8, 4) is 0 Å². The molecule has 9 heteroatoms. The maximum Gasteiger partial charge on any atom is 0.371 e. The summed E-state index contributed by atoms with van der Waals surface area (Å²) >= 11 is 5.63. The zero-order valence-corrected chi connectivity index (χ0v) is 12.1. The Kier molecular flexibility index (Phi) is 3.93. The van der Waals surface area contributed by atoms with Crippen LogP contribution in [0.3, 0.4) is 0 Å². The van der Waals surface area contributed by atoms with Crippen LogP contribution in [0.1, 0.15) is 16.3 Å². The molecule has 0 bridgehead atoms. The van der Waals surface area contributed by atoms with Gasteiger partial charge in [0.1, 0.15) is 16.5 Å². The molecule has 0 atom stereocenters. The topological polar surface area (TPSA) is 96.6 Å². The smallest absolute Gasteiger partial charge is 0.371 e. The van der Waals surface area contributed by atoms with Crippen LogP contribution in [0.2, 0.25) is 5.02 Å². The van der Waals surface area contributed by atoms with Gasteiger partial charge in [-0.3, -0.25) is 4.72 Å². The Morgan fingerprint density at radius 2 is 2.00 bits per heavy atom. The van der Waals surface area contributed by atoms with Crippen LogP contribution in [-0.4, -0.2) is 19.5 Å². The number of carbonyl (C=O) groups is 1. The third kappa shape index (κ3) is 3.34. The Bertz CT molecular complexity index is 795. The molecule has 0 saturated heterocycles. The molecule has 2 rings (SSSR count). The molecule has 0 spiro atoms. The lowest BCUT2D eigenvalue weighted by Gasteiger charge is -2.07. The fourth-order valence-corrected chi connectivity index (χ4v) is 3.10. The van der Waals surface area contributed by atoms with Gasteiger partial charge in [0.2, 0.25) is 5.76 Å². The molecule has 112 valence electrons. The van der Waals surface area contributed by atoms with Crippen molar-refractivity contribution in [3.63, 3.8) is 0 Å². The Morgan fingerprint density at radius 3 is 2.52 bits per heavy atom. The van der Waals surface area contributed by atoms with Crippen LogP contribution in [0, 0.1) is 12.7 Å².